The Labute approximate surface area is 155 Å². The molecule has 2 aromatic carbocycles. The van der Waals surface area contributed by atoms with Crippen molar-refractivity contribution in [2.75, 3.05) is 5.32 Å². The largest absolute Gasteiger partial charge is 0.358 e. The van der Waals surface area contributed by atoms with Crippen molar-refractivity contribution >= 4 is 34.6 Å². The average molecular weight is 375 g/mol. The van der Waals surface area contributed by atoms with Gasteiger partial charge in [-0.15, -0.1) is 0 Å². The van der Waals surface area contributed by atoms with Gasteiger partial charge in [0.2, 0.25) is 0 Å². The van der Waals surface area contributed by atoms with Crippen molar-refractivity contribution < 1.29 is 4.39 Å². The van der Waals surface area contributed by atoms with Crippen molar-refractivity contribution in [2.45, 2.75) is 13.1 Å². The Morgan fingerprint density at radius 2 is 1.92 bits per heavy atom. The van der Waals surface area contributed by atoms with Gasteiger partial charge in [0.15, 0.2) is 5.11 Å². The third-order valence-electron chi connectivity index (χ3n) is 3.55. The molecule has 0 aliphatic rings. The molecule has 1 heterocycles. The monoisotopic (exact) mass is 374 g/mol. The third-order valence-corrected chi connectivity index (χ3v) is 4.05. The molecular formula is C18H16ClFN4S. The van der Waals surface area contributed by atoms with Crippen LogP contribution in [0.2, 0.25) is 5.02 Å². The average Bonchev–Trinajstić information content (AvgIpc) is 3.03. The number of thiocarbonyl (C=S) groups is 1. The van der Waals surface area contributed by atoms with Crippen LogP contribution < -0.4 is 10.6 Å². The number of nitrogens with one attached hydrogen (secondary N) is 2. The lowest BCUT2D eigenvalue weighted by Gasteiger charge is -2.09. The van der Waals surface area contributed by atoms with Crippen molar-refractivity contribution in [3.8, 4) is 0 Å². The lowest BCUT2D eigenvalue weighted by Crippen LogP contribution is -2.27. The van der Waals surface area contributed by atoms with E-state index in [1.807, 2.05) is 24.3 Å². The Morgan fingerprint density at radius 1 is 1.16 bits per heavy atom. The van der Waals surface area contributed by atoms with Gasteiger partial charge in [0, 0.05) is 23.3 Å². The van der Waals surface area contributed by atoms with E-state index in [1.165, 1.54) is 6.07 Å². The molecule has 7 heteroatoms. The standard InChI is InChI=1S/C18H16ClFN4S/c19-15-7-5-13(6-8-15)9-21-18(25)23-16-10-22-24(12-16)11-14-3-1-2-4-17(14)20/h1-8,10,12H,9,11H2,(H2,21,23,25). The minimum absolute atomic E-state index is 0.243. The van der Waals surface area contributed by atoms with Crippen LogP contribution in [-0.4, -0.2) is 14.9 Å². The van der Waals surface area contributed by atoms with E-state index >= 15 is 0 Å². The number of halogens is 2. The summed E-state index contributed by atoms with van der Waals surface area (Å²) in [5, 5.41) is 11.6. The molecule has 0 spiro atoms. The predicted octanol–water partition coefficient (Wildman–Crippen LogP) is 4.21. The maximum Gasteiger partial charge on any atom is 0.171 e. The zero-order valence-corrected chi connectivity index (χ0v) is 14.8. The van der Waals surface area contributed by atoms with E-state index in [9.17, 15) is 4.39 Å². The maximum atomic E-state index is 13.7. The van der Waals surface area contributed by atoms with Crippen LogP contribution in [0.4, 0.5) is 10.1 Å². The molecule has 128 valence electrons. The zero-order valence-electron chi connectivity index (χ0n) is 13.2. The van der Waals surface area contributed by atoms with E-state index in [4.69, 9.17) is 23.8 Å². The van der Waals surface area contributed by atoms with Crippen molar-refractivity contribution in [2.24, 2.45) is 0 Å². The maximum absolute atomic E-state index is 13.7. The predicted molar refractivity (Wildman–Crippen MR) is 102 cm³/mol. The van der Waals surface area contributed by atoms with Crippen LogP contribution in [-0.2, 0) is 13.1 Å². The van der Waals surface area contributed by atoms with Crippen molar-refractivity contribution in [1.29, 1.82) is 0 Å². The van der Waals surface area contributed by atoms with Gasteiger partial charge >= 0.3 is 0 Å². The van der Waals surface area contributed by atoms with E-state index in [-0.39, 0.29) is 5.82 Å². The number of anilines is 1. The first kappa shape index (κ1) is 17.4. The lowest BCUT2D eigenvalue weighted by atomic mass is 10.2. The van der Waals surface area contributed by atoms with Gasteiger partial charge in [0.1, 0.15) is 5.82 Å². The highest BCUT2D eigenvalue weighted by atomic mass is 35.5. The molecule has 0 atom stereocenters. The highest BCUT2D eigenvalue weighted by Gasteiger charge is 2.05. The van der Waals surface area contributed by atoms with Gasteiger partial charge in [-0.3, -0.25) is 4.68 Å². The van der Waals surface area contributed by atoms with Crippen molar-refractivity contribution in [3.63, 3.8) is 0 Å². The summed E-state index contributed by atoms with van der Waals surface area (Å²) in [6.07, 6.45) is 3.43. The molecule has 0 fully saturated rings. The van der Waals surface area contributed by atoms with Crippen LogP contribution in [0.3, 0.4) is 0 Å². The summed E-state index contributed by atoms with van der Waals surface area (Å²) >= 11 is 11.1. The van der Waals surface area contributed by atoms with E-state index < -0.39 is 0 Å². The Morgan fingerprint density at radius 3 is 2.68 bits per heavy atom. The molecule has 0 unspecified atom stereocenters. The summed E-state index contributed by atoms with van der Waals surface area (Å²) in [5.41, 5.74) is 2.40. The number of nitrogens with zero attached hydrogens (tertiary/aromatic N) is 2. The molecule has 0 aliphatic carbocycles. The molecular weight excluding hydrogens is 359 g/mol. The summed E-state index contributed by atoms with van der Waals surface area (Å²) in [6, 6.07) is 14.2. The van der Waals surface area contributed by atoms with Gasteiger partial charge in [-0.2, -0.15) is 5.10 Å². The molecule has 25 heavy (non-hydrogen) atoms. The first-order valence-corrected chi connectivity index (χ1v) is 8.44. The van der Waals surface area contributed by atoms with Crippen molar-refractivity contribution in [1.82, 2.24) is 15.1 Å². The second kappa shape index (κ2) is 8.09. The third kappa shape index (κ3) is 5.01. The van der Waals surface area contributed by atoms with Gasteiger partial charge in [0.05, 0.1) is 18.4 Å². The minimum atomic E-state index is -0.243. The SMILES string of the molecule is Fc1ccccc1Cn1cc(NC(=S)NCc2ccc(Cl)cc2)cn1. The van der Waals surface area contributed by atoms with E-state index in [1.54, 1.807) is 35.3 Å². The summed E-state index contributed by atoms with van der Waals surface area (Å²) in [7, 11) is 0. The smallest absolute Gasteiger partial charge is 0.171 e. The molecule has 3 rings (SSSR count). The molecule has 4 nitrogen and oxygen atoms in total. The van der Waals surface area contributed by atoms with Gasteiger partial charge in [0.25, 0.3) is 0 Å². The topological polar surface area (TPSA) is 41.9 Å². The zero-order chi connectivity index (χ0) is 17.6. The number of benzene rings is 2. The van der Waals surface area contributed by atoms with Crippen LogP contribution in [0.25, 0.3) is 0 Å². The molecule has 2 N–H and O–H groups in total. The van der Waals surface area contributed by atoms with Crippen LogP contribution >= 0.6 is 23.8 Å². The molecule has 0 saturated carbocycles. The number of hydrogen-bond acceptors (Lipinski definition) is 2. The molecule has 0 bridgehead atoms. The fourth-order valence-corrected chi connectivity index (χ4v) is 2.59. The lowest BCUT2D eigenvalue weighted by molar-refractivity contribution is 0.585. The van der Waals surface area contributed by atoms with Crippen LogP contribution in [0.15, 0.2) is 60.9 Å². The highest BCUT2D eigenvalue weighted by Crippen LogP contribution is 2.12. The van der Waals surface area contributed by atoms with Crippen LogP contribution in [0.1, 0.15) is 11.1 Å². The molecule has 1 aromatic heterocycles. The van der Waals surface area contributed by atoms with E-state index in [0.717, 1.165) is 11.3 Å². The molecule has 3 aromatic rings. The number of aromatic nitrogens is 2. The first-order valence-electron chi connectivity index (χ1n) is 7.65. The summed E-state index contributed by atoms with van der Waals surface area (Å²) in [6.45, 7) is 0.950. The molecule has 0 aliphatic heterocycles. The molecule has 0 saturated heterocycles. The summed E-state index contributed by atoms with van der Waals surface area (Å²) < 4.78 is 15.3. The fraction of sp³-hybridized carbons (Fsp3) is 0.111. The summed E-state index contributed by atoms with van der Waals surface area (Å²) in [4.78, 5) is 0. The van der Waals surface area contributed by atoms with Gasteiger partial charge in [-0.25, -0.2) is 4.39 Å². The minimum Gasteiger partial charge on any atom is -0.358 e. The van der Waals surface area contributed by atoms with Gasteiger partial charge < -0.3 is 10.6 Å². The Hall–Kier alpha value is -2.44. The number of rotatable bonds is 5. The van der Waals surface area contributed by atoms with Crippen LogP contribution in [0.5, 0.6) is 0 Å². The van der Waals surface area contributed by atoms with E-state index in [0.29, 0.717) is 28.8 Å². The second-order valence-corrected chi connectivity index (χ2v) is 6.30. The van der Waals surface area contributed by atoms with Gasteiger partial charge in [-0.05, 0) is 36.0 Å². The van der Waals surface area contributed by atoms with E-state index in [2.05, 4.69) is 15.7 Å². The normalized spacial score (nSPS) is 10.5. The Balaban J connectivity index is 1.53. The Bertz CT molecular complexity index is 864. The second-order valence-electron chi connectivity index (χ2n) is 5.45. The highest BCUT2D eigenvalue weighted by molar-refractivity contribution is 7.80. The molecule has 0 radical (unpaired) electrons. The fourth-order valence-electron chi connectivity index (χ4n) is 2.28. The Kier molecular flexibility index (Phi) is 5.63. The van der Waals surface area contributed by atoms with Crippen LogP contribution in [0, 0.1) is 5.82 Å². The number of hydrogen-bond donors (Lipinski definition) is 2. The van der Waals surface area contributed by atoms with Crippen molar-refractivity contribution in [3.05, 3.63) is 82.9 Å². The molecule has 0 amide bonds. The van der Waals surface area contributed by atoms with Gasteiger partial charge in [-0.1, -0.05) is 41.9 Å². The quantitative estimate of drug-likeness (QED) is 0.656. The summed E-state index contributed by atoms with van der Waals surface area (Å²) in [5.74, 6) is -0.243. The first-order chi connectivity index (χ1) is 12.1.